The van der Waals surface area contributed by atoms with Gasteiger partial charge in [-0.25, -0.2) is 4.39 Å². The van der Waals surface area contributed by atoms with Crippen molar-refractivity contribution in [1.82, 2.24) is 0 Å². The van der Waals surface area contributed by atoms with Crippen LogP contribution in [0, 0.1) is 5.82 Å². The molecule has 0 aliphatic carbocycles. The van der Waals surface area contributed by atoms with E-state index in [2.05, 4.69) is 10.6 Å². The lowest BCUT2D eigenvalue weighted by atomic mass is 10.2. The maximum atomic E-state index is 13.0. The van der Waals surface area contributed by atoms with Crippen LogP contribution in [-0.2, 0) is 4.79 Å². The van der Waals surface area contributed by atoms with Gasteiger partial charge in [0.05, 0.1) is 11.3 Å². The monoisotopic (exact) mass is 388 g/mol. The summed E-state index contributed by atoms with van der Waals surface area (Å²) in [5.74, 6) is -0.867. The number of halogens is 2. The molecule has 0 saturated heterocycles. The van der Waals surface area contributed by atoms with E-state index in [1.807, 2.05) is 0 Å². The molecule has 8 heteroatoms. The molecular weight excluding hydrogens is 375 g/mol. The molecule has 0 radical (unpaired) electrons. The van der Waals surface area contributed by atoms with Gasteiger partial charge in [0.25, 0.3) is 11.8 Å². The summed E-state index contributed by atoms with van der Waals surface area (Å²) in [4.78, 5) is 23.8. The van der Waals surface area contributed by atoms with Crippen molar-refractivity contribution < 1.29 is 23.1 Å². The van der Waals surface area contributed by atoms with E-state index >= 15 is 0 Å². The number of nitrogens with one attached hydrogen (secondary N) is 2. The Morgan fingerprint density at radius 2 is 1.74 bits per heavy atom. The first-order valence-electron chi connectivity index (χ1n) is 7.84. The molecule has 0 aliphatic rings. The van der Waals surface area contributed by atoms with E-state index in [0.29, 0.717) is 11.4 Å². The van der Waals surface area contributed by atoms with Gasteiger partial charge in [-0.2, -0.15) is 0 Å². The van der Waals surface area contributed by atoms with Crippen LogP contribution in [0.5, 0.6) is 5.75 Å². The van der Waals surface area contributed by atoms with Gasteiger partial charge in [-0.05, 0) is 54.6 Å². The predicted octanol–water partition coefficient (Wildman–Crippen LogP) is 4.34. The van der Waals surface area contributed by atoms with Crippen LogP contribution in [0.3, 0.4) is 0 Å². The van der Waals surface area contributed by atoms with Crippen molar-refractivity contribution in [1.29, 1.82) is 0 Å². The maximum absolute atomic E-state index is 13.0. The van der Waals surface area contributed by atoms with Crippen LogP contribution < -0.4 is 15.4 Å². The van der Waals surface area contributed by atoms with Gasteiger partial charge in [0, 0.05) is 11.4 Å². The van der Waals surface area contributed by atoms with Crippen LogP contribution in [0.1, 0.15) is 10.6 Å². The summed E-state index contributed by atoms with van der Waals surface area (Å²) >= 11 is 5.83. The minimum Gasteiger partial charge on any atom is -0.482 e. The molecule has 0 saturated carbocycles. The quantitative estimate of drug-likeness (QED) is 0.658. The normalized spacial score (nSPS) is 10.3. The van der Waals surface area contributed by atoms with E-state index < -0.39 is 11.7 Å². The molecule has 0 bridgehead atoms. The van der Waals surface area contributed by atoms with E-state index in [1.165, 1.54) is 18.4 Å². The molecule has 27 heavy (non-hydrogen) atoms. The van der Waals surface area contributed by atoms with Crippen LogP contribution in [-0.4, -0.2) is 18.4 Å². The van der Waals surface area contributed by atoms with E-state index in [4.69, 9.17) is 20.8 Å². The molecule has 6 nitrogen and oxygen atoms in total. The number of hydrogen-bond acceptors (Lipinski definition) is 4. The number of ether oxygens (including phenoxy) is 1. The summed E-state index contributed by atoms with van der Waals surface area (Å²) in [6, 6.07) is 13.3. The van der Waals surface area contributed by atoms with Crippen molar-refractivity contribution in [3.63, 3.8) is 0 Å². The van der Waals surface area contributed by atoms with Crippen molar-refractivity contribution in [2.24, 2.45) is 0 Å². The van der Waals surface area contributed by atoms with Crippen LogP contribution in [0.2, 0.25) is 5.02 Å². The molecule has 2 N–H and O–H groups in total. The average Bonchev–Trinajstić information content (AvgIpc) is 3.17. The van der Waals surface area contributed by atoms with Gasteiger partial charge in [-0.1, -0.05) is 11.6 Å². The van der Waals surface area contributed by atoms with Gasteiger partial charge in [0.2, 0.25) is 0 Å². The largest absolute Gasteiger partial charge is 0.482 e. The Balaban J connectivity index is 1.51. The zero-order valence-corrected chi connectivity index (χ0v) is 14.6. The van der Waals surface area contributed by atoms with Crippen LogP contribution >= 0.6 is 11.6 Å². The SMILES string of the molecule is O=C(COc1ccc(F)cc1Cl)Nc1ccc(NC(=O)c2ccco2)cc1. The number of carbonyl (C=O) groups is 2. The third-order valence-electron chi connectivity index (χ3n) is 3.42. The third kappa shape index (κ3) is 5.08. The van der Waals surface area contributed by atoms with Crippen molar-refractivity contribution in [3.05, 3.63) is 77.5 Å². The highest BCUT2D eigenvalue weighted by molar-refractivity contribution is 6.32. The first-order chi connectivity index (χ1) is 13.0. The highest BCUT2D eigenvalue weighted by atomic mass is 35.5. The number of amides is 2. The molecule has 0 aliphatic heterocycles. The molecule has 0 atom stereocenters. The molecule has 0 spiro atoms. The summed E-state index contributed by atoms with van der Waals surface area (Å²) in [7, 11) is 0. The summed E-state index contributed by atoms with van der Waals surface area (Å²) in [6.45, 7) is -0.289. The van der Waals surface area contributed by atoms with Crippen molar-refractivity contribution in [2.75, 3.05) is 17.2 Å². The Kier molecular flexibility index (Phi) is 5.73. The molecule has 1 heterocycles. The lowest BCUT2D eigenvalue weighted by Gasteiger charge is -2.09. The van der Waals surface area contributed by atoms with Gasteiger partial charge < -0.3 is 19.8 Å². The highest BCUT2D eigenvalue weighted by Gasteiger charge is 2.10. The second-order valence-corrected chi connectivity index (χ2v) is 5.83. The fourth-order valence-corrected chi connectivity index (χ4v) is 2.39. The smallest absolute Gasteiger partial charge is 0.291 e. The van der Waals surface area contributed by atoms with E-state index in [0.717, 1.165) is 6.07 Å². The van der Waals surface area contributed by atoms with Crippen LogP contribution in [0.4, 0.5) is 15.8 Å². The van der Waals surface area contributed by atoms with Gasteiger partial charge in [0.15, 0.2) is 12.4 Å². The Hall–Kier alpha value is -3.32. The molecule has 2 amide bonds. The van der Waals surface area contributed by atoms with Gasteiger partial charge in [0.1, 0.15) is 11.6 Å². The van der Waals surface area contributed by atoms with Crippen molar-refractivity contribution >= 4 is 34.8 Å². The van der Waals surface area contributed by atoms with E-state index in [9.17, 15) is 14.0 Å². The summed E-state index contributed by atoms with van der Waals surface area (Å²) < 4.78 is 23.2. The Labute approximate surface area is 158 Å². The van der Waals surface area contributed by atoms with Gasteiger partial charge in [-0.3, -0.25) is 9.59 Å². The topological polar surface area (TPSA) is 80.6 Å². The Morgan fingerprint density at radius 3 is 2.37 bits per heavy atom. The average molecular weight is 389 g/mol. The highest BCUT2D eigenvalue weighted by Crippen LogP contribution is 2.24. The molecule has 0 fully saturated rings. The first-order valence-corrected chi connectivity index (χ1v) is 8.22. The number of benzene rings is 2. The van der Waals surface area contributed by atoms with E-state index in [1.54, 1.807) is 36.4 Å². The number of furan rings is 1. The van der Waals surface area contributed by atoms with E-state index in [-0.39, 0.29) is 29.0 Å². The minimum atomic E-state index is -0.490. The van der Waals surface area contributed by atoms with Crippen LogP contribution in [0.15, 0.2) is 65.3 Å². The lowest BCUT2D eigenvalue weighted by Crippen LogP contribution is -2.20. The third-order valence-corrected chi connectivity index (χ3v) is 3.72. The molecule has 0 unspecified atom stereocenters. The molecule has 1 aromatic heterocycles. The second kappa shape index (κ2) is 8.37. The molecule has 3 rings (SSSR count). The Bertz CT molecular complexity index is 943. The zero-order chi connectivity index (χ0) is 19.2. The molecule has 138 valence electrons. The standard InChI is InChI=1S/C19H14ClFN2O4/c20-15-10-12(21)3-8-16(15)27-11-18(24)22-13-4-6-14(7-5-13)23-19(25)17-2-1-9-26-17/h1-10H,11H2,(H,22,24)(H,23,25). The fraction of sp³-hybridized carbons (Fsp3) is 0.0526. The fourth-order valence-electron chi connectivity index (χ4n) is 2.17. The summed E-state index contributed by atoms with van der Waals surface area (Å²) in [6.07, 6.45) is 1.41. The Morgan fingerprint density at radius 1 is 1.04 bits per heavy atom. The van der Waals surface area contributed by atoms with Crippen LogP contribution in [0.25, 0.3) is 0 Å². The number of anilines is 2. The molecule has 2 aromatic carbocycles. The number of carbonyl (C=O) groups excluding carboxylic acids is 2. The lowest BCUT2D eigenvalue weighted by molar-refractivity contribution is -0.118. The second-order valence-electron chi connectivity index (χ2n) is 5.42. The van der Waals surface area contributed by atoms with Crippen molar-refractivity contribution in [2.45, 2.75) is 0 Å². The van der Waals surface area contributed by atoms with Gasteiger partial charge in [-0.15, -0.1) is 0 Å². The molecular formula is C19H14ClFN2O4. The summed E-state index contributed by atoms with van der Waals surface area (Å²) in [5.41, 5.74) is 1.06. The minimum absolute atomic E-state index is 0.0828. The zero-order valence-electron chi connectivity index (χ0n) is 13.9. The maximum Gasteiger partial charge on any atom is 0.291 e. The summed E-state index contributed by atoms with van der Waals surface area (Å²) in [5, 5.41) is 5.39. The van der Waals surface area contributed by atoms with Gasteiger partial charge >= 0.3 is 0 Å². The number of rotatable bonds is 6. The number of hydrogen-bond donors (Lipinski definition) is 2. The predicted molar refractivity (Wildman–Crippen MR) is 98.6 cm³/mol. The van der Waals surface area contributed by atoms with Crippen molar-refractivity contribution in [3.8, 4) is 5.75 Å². The first kappa shape index (κ1) is 18.5. The molecule has 3 aromatic rings.